The largest absolute Gasteiger partial charge is 0.374 e. The lowest BCUT2D eigenvalue weighted by atomic mass is 9.88. The maximum atomic E-state index is 6.14. The van der Waals surface area contributed by atoms with E-state index < -0.39 is 0 Å². The van der Waals surface area contributed by atoms with E-state index in [-0.39, 0.29) is 0 Å². The summed E-state index contributed by atoms with van der Waals surface area (Å²) in [4.78, 5) is 9.04. The van der Waals surface area contributed by atoms with Crippen LogP contribution in [0.4, 0.5) is 0 Å². The average Bonchev–Trinajstić information content (AvgIpc) is 2.94. The predicted octanol–water partition coefficient (Wildman–Crippen LogP) is 3.49. The Hall–Kier alpha value is -0.190. The maximum Gasteiger partial charge on any atom is 0.147 e. The molecule has 2 bridgehead atoms. The molecule has 2 aliphatic rings. The summed E-state index contributed by atoms with van der Waals surface area (Å²) < 4.78 is 6.68. The number of aryl methyl sites for hydroxylation is 1. The van der Waals surface area contributed by atoms with Crippen LogP contribution < -0.4 is 0 Å². The molecule has 0 saturated carbocycles. The smallest absolute Gasteiger partial charge is 0.147 e. The van der Waals surface area contributed by atoms with Gasteiger partial charge in [0.25, 0.3) is 0 Å². The molecule has 3 atom stereocenters. The quantitative estimate of drug-likeness (QED) is 0.783. The molecule has 0 aliphatic carbocycles. The van der Waals surface area contributed by atoms with Gasteiger partial charge in [0.2, 0.25) is 0 Å². The molecule has 1 aromatic rings. The topological polar surface area (TPSA) is 35.0 Å². The van der Waals surface area contributed by atoms with Crippen molar-refractivity contribution in [2.45, 2.75) is 50.7 Å². The molecule has 5 heteroatoms. The number of fused-ring (bicyclic) bond motifs is 2. The van der Waals surface area contributed by atoms with Crippen LogP contribution in [0.1, 0.15) is 43.6 Å². The first-order chi connectivity index (χ1) is 8.19. The Balaban J connectivity index is 1.95. The first-order valence-corrected chi connectivity index (χ1v) is 7.23. The number of rotatable bonds is 2. The van der Waals surface area contributed by atoms with Crippen LogP contribution in [0.15, 0.2) is 4.47 Å². The van der Waals surface area contributed by atoms with E-state index in [2.05, 4.69) is 32.8 Å². The number of ether oxygens (including phenoxy) is 1. The minimum atomic E-state index is 0.307. The summed E-state index contributed by atoms with van der Waals surface area (Å²) >= 11 is 9.58. The van der Waals surface area contributed by atoms with Gasteiger partial charge < -0.3 is 4.74 Å². The first-order valence-electron chi connectivity index (χ1n) is 6.06. The molecule has 0 amide bonds. The summed E-state index contributed by atoms with van der Waals surface area (Å²) in [5.41, 5.74) is 0.989. The molecule has 2 fully saturated rings. The summed E-state index contributed by atoms with van der Waals surface area (Å²) in [6.45, 7) is 2.07. The van der Waals surface area contributed by atoms with Crippen molar-refractivity contribution in [3.63, 3.8) is 0 Å². The minimum Gasteiger partial charge on any atom is -0.374 e. The van der Waals surface area contributed by atoms with Crippen LogP contribution in [-0.2, 0) is 11.2 Å². The van der Waals surface area contributed by atoms with Gasteiger partial charge in [0.05, 0.1) is 22.4 Å². The third-order valence-corrected chi connectivity index (χ3v) is 5.00. The summed E-state index contributed by atoms with van der Waals surface area (Å²) in [7, 11) is 0. The van der Waals surface area contributed by atoms with E-state index in [1.807, 2.05) is 0 Å². The van der Waals surface area contributed by atoms with Gasteiger partial charge >= 0.3 is 0 Å². The van der Waals surface area contributed by atoms with Crippen molar-refractivity contribution in [1.82, 2.24) is 9.97 Å². The van der Waals surface area contributed by atoms with Gasteiger partial charge in [-0.05, 0) is 41.6 Å². The Bertz CT molecular complexity index is 454. The molecule has 2 aliphatic heterocycles. The van der Waals surface area contributed by atoms with Crippen molar-refractivity contribution < 1.29 is 4.74 Å². The second-order valence-corrected chi connectivity index (χ2v) is 5.85. The lowest BCUT2D eigenvalue weighted by molar-refractivity contribution is 0.0998. The van der Waals surface area contributed by atoms with Gasteiger partial charge in [-0.1, -0.05) is 18.5 Å². The summed E-state index contributed by atoms with van der Waals surface area (Å²) in [6, 6.07) is 0. The second kappa shape index (κ2) is 4.48. The summed E-state index contributed by atoms with van der Waals surface area (Å²) in [5.74, 6) is 1.20. The van der Waals surface area contributed by atoms with Gasteiger partial charge in [-0.3, -0.25) is 0 Å². The summed E-state index contributed by atoms with van der Waals surface area (Å²) in [5, 5.41) is 0.523. The highest BCUT2D eigenvalue weighted by molar-refractivity contribution is 9.10. The fraction of sp³-hybridized carbons (Fsp3) is 0.667. The lowest BCUT2D eigenvalue weighted by Gasteiger charge is -2.18. The molecule has 17 heavy (non-hydrogen) atoms. The molecule has 0 aromatic carbocycles. The van der Waals surface area contributed by atoms with E-state index >= 15 is 0 Å². The maximum absolute atomic E-state index is 6.14. The van der Waals surface area contributed by atoms with Gasteiger partial charge in [0.1, 0.15) is 11.0 Å². The zero-order valence-electron chi connectivity index (χ0n) is 9.62. The van der Waals surface area contributed by atoms with Crippen LogP contribution in [0.5, 0.6) is 0 Å². The van der Waals surface area contributed by atoms with Crippen molar-refractivity contribution in [1.29, 1.82) is 0 Å². The van der Waals surface area contributed by atoms with Gasteiger partial charge in [0.15, 0.2) is 0 Å². The molecule has 1 aromatic heterocycles. The molecule has 3 heterocycles. The Morgan fingerprint density at radius 2 is 2.24 bits per heavy atom. The normalized spacial score (nSPS) is 31.1. The molecule has 3 nitrogen and oxygen atoms in total. The first kappa shape index (κ1) is 11.9. The van der Waals surface area contributed by atoms with Crippen molar-refractivity contribution >= 4 is 27.5 Å². The lowest BCUT2D eigenvalue weighted by Crippen LogP contribution is -2.18. The van der Waals surface area contributed by atoms with Gasteiger partial charge in [-0.25, -0.2) is 9.97 Å². The van der Waals surface area contributed by atoms with Gasteiger partial charge in [0, 0.05) is 5.92 Å². The molecular weight excluding hydrogens is 304 g/mol. The van der Waals surface area contributed by atoms with Gasteiger partial charge in [-0.15, -0.1) is 0 Å². The Morgan fingerprint density at radius 1 is 1.41 bits per heavy atom. The van der Waals surface area contributed by atoms with E-state index in [4.69, 9.17) is 16.3 Å². The highest BCUT2D eigenvalue weighted by Gasteiger charge is 2.43. The van der Waals surface area contributed by atoms with E-state index in [1.54, 1.807) is 0 Å². The monoisotopic (exact) mass is 316 g/mol. The Labute approximate surface area is 114 Å². The number of nitrogens with zero attached hydrogens (tertiary/aromatic N) is 2. The fourth-order valence-electron chi connectivity index (χ4n) is 2.79. The number of hydrogen-bond donors (Lipinski definition) is 0. The van der Waals surface area contributed by atoms with E-state index in [1.165, 1.54) is 6.42 Å². The van der Waals surface area contributed by atoms with Crippen LogP contribution >= 0.6 is 27.5 Å². The van der Waals surface area contributed by atoms with Crippen molar-refractivity contribution in [2.24, 2.45) is 0 Å². The zero-order chi connectivity index (χ0) is 12.0. The van der Waals surface area contributed by atoms with E-state index in [0.717, 1.165) is 35.3 Å². The van der Waals surface area contributed by atoms with Crippen LogP contribution in [-0.4, -0.2) is 22.2 Å². The Kier molecular flexibility index (Phi) is 3.13. The van der Waals surface area contributed by atoms with Crippen molar-refractivity contribution in [2.75, 3.05) is 0 Å². The number of hydrogen-bond acceptors (Lipinski definition) is 3. The molecule has 3 unspecified atom stereocenters. The Morgan fingerprint density at radius 3 is 2.82 bits per heavy atom. The SMILES string of the molecule is CCc1nc(C2CC3CCC2O3)nc(Cl)c1Br. The van der Waals surface area contributed by atoms with Crippen LogP contribution in [0.2, 0.25) is 5.15 Å². The highest BCUT2D eigenvalue weighted by Crippen LogP contribution is 2.44. The molecule has 2 saturated heterocycles. The third kappa shape index (κ3) is 2.00. The van der Waals surface area contributed by atoms with Crippen molar-refractivity contribution in [3.05, 3.63) is 21.1 Å². The third-order valence-electron chi connectivity index (χ3n) is 3.67. The fourth-order valence-corrected chi connectivity index (χ4v) is 3.44. The van der Waals surface area contributed by atoms with E-state index in [0.29, 0.717) is 23.3 Å². The summed E-state index contributed by atoms with van der Waals surface area (Å²) in [6.07, 6.45) is 4.95. The molecule has 0 radical (unpaired) electrons. The van der Waals surface area contributed by atoms with Crippen LogP contribution in [0.3, 0.4) is 0 Å². The van der Waals surface area contributed by atoms with Gasteiger partial charge in [-0.2, -0.15) is 0 Å². The number of aromatic nitrogens is 2. The predicted molar refractivity (Wildman–Crippen MR) is 69.4 cm³/mol. The number of halogens is 2. The van der Waals surface area contributed by atoms with Crippen LogP contribution in [0.25, 0.3) is 0 Å². The minimum absolute atomic E-state index is 0.307. The molecular formula is C12H14BrClN2O. The van der Waals surface area contributed by atoms with E-state index in [9.17, 15) is 0 Å². The average molecular weight is 318 g/mol. The highest BCUT2D eigenvalue weighted by atomic mass is 79.9. The van der Waals surface area contributed by atoms with Crippen LogP contribution in [0, 0.1) is 0 Å². The molecule has 92 valence electrons. The standard InChI is InChI=1S/C12H14BrClN2O/c1-2-8-10(13)11(14)16-12(15-8)7-5-6-3-4-9(7)17-6/h6-7,9H,2-5H2,1H3. The zero-order valence-corrected chi connectivity index (χ0v) is 12.0. The second-order valence-electron chi connectivity index (χ2n) is 4.70. The van der Waals surface area contributed by atoms with Crippen molar-refractivity contribution in [3.8, 4) is 0 Å². The molecule has 0 spiro atoms. The molecule has 0 N–H and O–H groups in total. The molecule has 3 rings (SSSR count).